The summed E-state index contributed by atoms with van der Waals surface area (Å²) in [6.07, 6.45) is -0.679. The van der Waals surface area contributed by atoms with E-state index < -0.39 is 54.0 Å². The minimum absolute atomic E-state index is 0.00974. The maximum Gasteiger partial charge on any atom is 0.326 e. The van der Waals surface area contributed by atoms with E-state index in [4.69, 9.17) is 5.73 Å². The Morgan fingerprint density at radius 1 is 0.795 bits per heavy atom. The quantitative estimate of drug-likeness (QED) is 0.179. The molecule has 2 aromatic carbocycles. The number of nitrogens with one attached hydrogen (secondary N) is 3. The fraction of sp³-hybridized carbons (Fsp3) is 0.429. The van der Waals surface area contributed by atoms with Gasteiger partial charge in [-0.2, -0.15) is 0 Å². The molecule has 8 N–H and O–H groups in total. The number of carboxylic acid groups (broad SMARTS) is 1. The summed E-state index contributed by atoms with van der Waals surface area (Å²) < 4.78 is 0. The van der Waals surface area contributed by atoms with E-state index in [1.807, 2.05) is 37.3 Å². The molecule has 0 radical (unpaired) electrons. The Morgan fingerprint density at radius 2 is 1.33 bits per heavy atom. The van der Waals surface area contributed by atoms with E-state index in [2.05, 4.69) is 16.0 Å². The van der Waals surface area contributed by atoms with Gasteiger partial charge < -0.3 is 37.0 Å². The van der Waals surface area contributed by atoms with Crippen molar-refractivity contribution in [3.8, 4) is 5.75 Å². The predicted molar refractivity (Wildman–Crippen MR) is 144 cm³/mol. The maximum absolute atomic E-state index is 13.2. The average molecular weight is 543 g/mol. The summed E-state index contributed by atoms with van der Waals surface area (Å²) in [4.78, 5) is 50.8. The molecule has 2 aromatic rings. The van der Waals surface area contributed by atoms with Crippen molar-refractivity contribution in [1.29, 1.82) is 0 Å². The highest BCUT2D eigenvalue weighted by Crippen LogP contribution is 2.13. The molecule has 0 aliphatic heterocycles. The van der Waals surface area contributed by atoms with E-state index in [9.17, 15) is 34.5 Å². The number of carbonyl (C=O) groups is 4. The Hall–Kier alpha value is -3.96. The van der Waals surface area contributed by atoms with Gasteiger partial charge in [0.05, 0.1) is 12.1 Å². The number of hydrogen-bond donors (Lipinski definition) is 7. The summed E-state index contributed by atoms with van der Waals surface area (Å²) in [5.41, 5.74) is 7.48. The zero-order chi connectivity index (χ0) is 29.1. The van der Waals surface area contributed by atoms with E-state index in [1.165, 1.54) is 31.2 Å². The summed E-state index contributed by atoms with van der Waals surface area (Å²) >= 11 is 0. The normalized spacial score (nSPS) is 15.6. The van der Waals surface area contributed by atoms with Crippen molar-refractivity contribution in [2.24, 2.45) is 11.7 Å². The number of benzene rings is 2. The van der Waals surface area contributed by atoms with Crippen LogP contribution in [0.1, 0.15) is 38.3 Å². The van der Waals surface area contributed by atoms with Crippen LogP contribution in [-0.2, 0) is 32.0 Å². The highest BCUT2D eigenvalue weighted by atomic mass is 16.4. The molecule has 0 bridgehead atoms. The molecule has 11 heteroatoms. The van der Waals surface area contributed by atoms with Crippen molar-refractivity contribution in [3.63, 3.8) is 0 Å². The van der Waals surface area contributed by atoms with Gasteiger partial charge in [-0.25, -0.2) is 4.79 Å². The van der Waals surface area contributed by atoms with Crippen LogP contribution in [0.5, 0.6) is 5.75 Å². The van der Waals surface area contributed by atoms with Crippen LogP contribution in [0.15, 0.2) is 54.6 Å². The summed E-state index contributed by atoms with van der Waals surface area (Å²) in [6, 6.07) is 10.2. The van der Waals surface area contributed by atoms with Crippen molar-refractivity contribution < 1.29 is 34.5 Å². The lowest BCUT2D eigenvalue weighted by molar-refractivity contribution is -0.143. The number of aromatic hydroxyl groups is 1. The van der Waals surface area contributed by atoms with E-state index in [0.29, 0.717) is 12.0 Å². The van der Waals surface area contributed by atoms with Crippen LogP contribution >= 0.6 is 0 Å². The number of nitrogens with two attached hydrogens (primary N) is 1. The highest BCUT2D eigenvalue weighted by Gasteiger charge is 2.34. The number of phenolic OH excluding ortho intramolecular Hbond substituents is 1. The van der Waals surface area contributed by atoms with Gasteiger partial charge in [0.15, 0.2) is 0 Å². The van der Waals surface area contributed by atoms with Gasteiger partial charge in [0, 0.05) is 6.42 Å². The van der Waals surface area contributed by atoms with Crippen LogP contribution in [0.3, 0.4) is 0 Å². The Balaban J connectivity index is 2.11. The molecular weight excluding hydrogens is 504 g/mol. The Labute approximate surface area is 227 Å². The Morgan fingerprint density at radius 3 is 1.87 bits per heavy atom. The number of carboxylic acids is 1. The molecule has 0 aliphatic carbocycles. The van der Waals surface area contributed by atoms with Crippen LogP contribution in [0.25, 0.3) is 0 Å². The summed E-state index contributed by atoms with van der Waals surface area (Å²) in [7, 11) is 0. The van der Waals surface area contributed by atoms with Crippen LogP contribution in [0.4, 0.5) is 0 Å². The third-order valence-corrected chi connectivity index (χ3v) is 6.48. The zero-order valence-corrected chi connectivity index (χ0v) is 22.3. The lowest BCUT2D eigenvalue weighted by Gasteiger charge is -2.29. The lowest BCUT2D eigenvalue weighted by Crippen LogP contribution is -2.61. The lowest BCUT2D eigenvalue weighted by atomic mass is 9.96. The van der Waals surface area contributed by atoms with Crippen LogP contribution in [-0.4, -0.2) is 69.3 Å². The molecule has 0 saturated heterocycles. The number of hydrogen-bond acceptors (Lipinski definition) is 7. The fourth-order valence-corrected chi connectivity index (χ4v) is 3.90. The maximum atomic E-state index is 13.2. The molecule has 39 heavy (non-hydrogen) atoms. The minimum Gasteiger partial charge on any atom is -0.508 e. The van der Waals surface area contributed by atoms with Crippen molar-refractivity contribution >= 4 is 23.7 Å². The van der Waals surface area contributed by atoms with Crippen molar-refractivity contribution in [2.75, 3.05) is 0 Å². The number of aliphatic carboxylic acids is 1. The molecule has 212 valence electrons. The molecule has 0 spiro atoms. The third-order valence-electron chi connectivity index (χ3n) is 6.48. The SMILES string of the molecule is CCC(C)C(NC(=O)C(N)Cc1ccccc1)C(=O)NC(C(=O)NC(Cc1ccc(O)cc1)C(=O)O)C(C)O. The Kier molecular flexibility index (Phi) is 11.9. The molecule has 6 unspecified atom stereocenters. The van der Waals surface area contributed by atoms with E-state index in [0.717, 1.165) is 5.56 Å². The number of aliphatic hydroxyl groups is 1. The van der Waals surface area contributed by atoms with E-state index in [1.54, 1.807) is 6.92 Å². The van der Waals surface area contributed by atoms with Gasteiger partial charge in [-0.1, -0.05) is 62.7 Å². The molecule has 2 rings (SSSR count). The van der Waals surface area contributed by atoms with Gasteiger partial charge in [-0.3, -0.25) is 14.4 Å². The second kappa shape index (κ2) is 14.8. The fourth-order valence-electron chi connectivity index (χ4n) is 3.90. The monoisotopic (exact) mass is 542 g/mol. The molecular formula is C28H38N4O7. The van der Waals surface area contributed by atoms with Crippen molar-refractivity contribution in [2.45, 2.75) is 70.3 Å². The van der Waals surface area contributed by atoms with Gasteiger partial charge in [-0.05, 0) is 42.5 Å². The molecule has 3 amide bonds. The first-order chi connectivity index (χ1) is 18.4. The number of aliphatic hydroxyl groups excluding tert-OH is 1. The highest BCUT2D eigenvalue weighted by molar-refractivity contribution is 5.94. The topological polar surface area (TPSA) is 191 Å². The molecule has 6 atom stereocenters. The van der Waals surface area contributed by atoms with Crippen LogP contribution < -0.4 is 21.7 Å². The average Bonchev–Trinajstić information content (AvgIpc) is 2.90. The number of carbonyl (C=O) groups excluding carboxylic acids is 3. The smallest absolute Gasteiger partial charge is 0.326 e. The van der Waals surface area contributed by atoms with Gasteiger partial charge in [0.1, 0.15) is 23.9 Å². The number of phenols is 1. The van der Waals surface area contributed by atoms with Crippen LogP contribution in [0, 0.1) is 5.92 Å². The standard InChI is InChI=1S/C28H38N4O7/c1-4-16(2)23(31-25(35)21(29)14-18-8-6-5-7-9-18)26(36)32-24(17(3)33)27(37)30-22(28(38)39)15-19-10-12-20(34)13-11-19/h5-13,16-17,21-24,33-34H,4,14-15,29H2,1-3H3,(H,30,37)(H,31,35)(H,32,36)(H,38,39). The second-order valence-electron chi connectivity index (χ2n) is 9.66. The first kappa shape index (κ1) is 31.3. The van der Waals surface area contributed by atoms with Gasteiger partial charge in [-0.15, -0.1) is 0 Å². The summed E-state index contributed by atoms with van der Waals surface area (Å²) in [5.74, 6) is -3.80. The zero-order valence-electron chi connectivity index (χ0n) is 22.3. The first-order valence-electron chi connectivity index (χ1n) is 12.8. The van der Waals surface area contributed by atoms with Crippen molar-refractivity contribution in [1.82, 2.24) is 16.0 Å². The van der Waals surface area contributed by atoms with Gasteiger partial charge in [0.25, 0.3) is 0 Å². The van der Waals surface area contributed by atoms with Crippen LogP contribution in [0.2, 0.25) is 0 Å². The minimum atomic E-state index is -1.49. The Bertz CT molecular complexity index is 1110. The largest absolute Gasteiger partial charge is 0.508 e. The molecule has 0 aliphatic rings. The van der Waals surface area contributed by atoms with E-state index >= 15 is 0 Å². The molecule has 0 fully saturated rings. The molecule has 0 aromatic heterocycles. The second-order valence-corrected chi connectivity index (χ2v) is 9.66. The van der Waals surface area contributed by atoms with Gasteiger partial charge in [0.2, 0.25) is 17.7 Å². The molecule has 0 saturated carbocycles. The number of amides is 3. The molecule has 11 nitrogen and oxygen atoms in total. The van der Waals surface area contributed by atoms with Gasteiger partial charge >= 0.3 is 5.97 Å². The van der Waals surface area contributed by atoms with Crippen molar-refractivity contribution in [3.05, 3.63) is 65.7 Å². The van der Waals surface area contributed by atoms with E-state index in [-0.39, 0.29) is 24.5 Å². The predicted octanol–water partition coefficient (Wildman–Crippen LogP) is 0.471. The number of rotatable bonds is 14. The molecule has 0 heterocycles. The summed E-state index contributed by atoms with van der Waals surface area (Å²) in [6.45, 7) is 4.87. The summed E-state index contributed by atoms with van der Waals surface area (Å²) in [5, 5.41) is 36.8. The third kappa shape index (κ3) is 9.69. The first-order valence-corrected chi connectivity index (χ1v) is 12.8.